The van der Waals surface area contributed by atoms with E-state index in [1.807, 2.05) is 12.1 Å². The summed E-state index contributed by atoms with van der Waals surface area (Å²) in [6.45, 7) is 5.64. The summed E-state index contributed by atoms with van der Waals surface area (Å²) < 4.78 is 0. The Morgan fingerprint density at radius 2 is 1.85 bits per heavy atom. The molecule has 0 spiro atoms. The molecule has 0 unspecified atom stereocenters. The number of nitrogens with two attached hydrogens (primary N) is 2. The van der Waals surface area contributed by atoms with Gasteiger partial charge in [-0.15, -0.1) is 24.0 Å². The average Bonchev–Trinajstić information content (AvgIpc) is 2.36. The van der Waals surface area contributed by atoms with E-state index in [1.54, 1.807) is 12.1 Å². The summed E-state index contributed by atoms with van der Waals surface area (Å²) in [6.07, 6.45) is 1.06. The monoisotopic (exact) mass is 390 g/mol. The Kier molecular flexibility index (Phi) is 8.94. The highest BCUT2D eigenvalue weighted by Gasteiger charge is 1.99. The molecule has 0 atom stereocenters. The van der Waals surface area contributed by atoms with Gasteiger partial charge in [0.2, 0.25) is 5.91 Å². The van der Waals surface area contributed by atoms with E-state index >= 15 is 0 Å². The van der Waals surface area contributed by atoms with Crippen molar-refractivity contribution in [2.45, 2.75) is 26.8 Å². The Morgan fingerprint density at radius 3 is 2.35 bits per heavy atom. The van der Waals surface area contributed by atoms with Crippen LogP contribution in [0.5, 0.6) is 0 Å². The number of nitrogens with one attached hydrogen (secondary N) is 1. The molecule has 0 saturated carbocycles. The van der Waals surface area contributed by atoms with E-state index in [0.717, 1.165) is 18.5 Å². The first-order valence-corrected chi connectivity index (χ1v) is 6.41. The van der Waals surface area contributed by atoms with Crippen LogP contribution in [0.3, 0.4) is 0 Å². The lowest BCUT2D eigenvalue weighted by Crippen LogP contribution is -2.32. The third kappa shape index (κ3) is 7.32. The summed E-state index contributed by atoms with van der Waals surface area (Å²) >= 11 is 0. The van der Waals surface area contributed by atoms with Crippen molar-refractivity contribution >= 4 is 35.8 Å². The van der Waals surface area contributed by atoms with Crippen LogP contribution in [0.1, 0.15) is 36.2 Å². The van der Waals surface area contributed by atoms with Gasteiger partial charge < -0.3 is 16.8 Å². The quantitative estimate of drug-likeness (QED) is 0.393. The molecule has 0 heterocycles. The molecule has 5 N–H and O–H groups in total. The minimum Gasteiger partial charge on any atom is -0.370 e. The molecule has 1 aromatic carbocycles. The van der Waals surface area contributed by atoms with Crippen LogP contribution in [0.15, 0.2) is 29.3 Å². The van der Waals surface area contributed by atoms with Gasteiger partial charge in [-0.1, -0.05) is 26.0 Å². The number of nitrogens with zero attached hydrogens (tertiary/aromatic N) is 1. The predicted octanol–water partition coefficient (Wildman–Crippen LogP) is 1.85. The highest BCUT2D eigenvalue weighted by molar-refractivity contribution is 14.0. The number of aliphatic imine (C=N–C) groups is 1. The Labute approximate surface area is 137 Å². The lowest BCUT2D eigenvalue weighted by molar-refractivity contribution is 0.100. The second kappa shape index (κ2) is 9.57. The van der Waals surface area contributed by atoms with E-state index in [1.165, 1.54) is 0 Å². The SMILES string of the molecule is CC(C)CCNC(N)=NCc1ccc(C(N)=O)cc1.I. The molecule has 0 bridgehead atoms. The zero-order valence-electron chi connectivity index (χ0n) is 11.9. The molecule has 0 aliphatic carbocycles. The fourth-order valence-electron chi connectivity index (χ4n) is 1.50. The largest absolute Gasteiger partial charge is 0.370 e. The van der Waals surface area contributed by atoms with Crippen molar-refractivity contribution in [1.82, 2.24) is 5.32 Å². The van der Waals surface area contributed by atoms with Gasteiger partial charge in [-0.25, -0.2) is 4.99 Å². The number of hydrogen-bond acceptors (Lipinski definition) is 2. The molecule has 0 aliphatic heterocycles. The first-order chi connectivity index (χ1) is 8.99. The first kappa shape index (κ1) is 18.7. The first-order valence-electron chi connectivity index (χ1n) is 6.41. The molecule has 0 saturated heterocycles. The van der Waals surface area contributed by atoms with Crippen molar-refractivity contribution in [2.75, 3.05) is 6.54 Å². The van der Waals surface area contributed by atoms with Gasteiger partial charge in [0, 0.05) is 12.1 Å². The molecule has 0 fully saturated rings. The molecule has 1 rings (SSSR count). The standard InChI is InChI=1S/C14H22N4O.HI/c1-10(2)7-8-17-14(16)18-9-11-3-5-12(6-4-11)13(15)19;/h3-6,10H,7-9H2,1-2H3,(H2,15,19)(H3,16,17,18);1H. The summed E-state index contributed by atoms with van der Waals surface area (Å²) in [6, 6.07) is 7.03. The van der Waals surface area contributed by atoms with Crippen LogP contribution in [0.25, 0.3) is 0 Å². The van der Waals surface area contributed by atoms with Gasteiger partial charge in [-0.3, -0.25) is 4.79 Å². The molecule has 1 aromatic rings. The second-order valence-electron chi connectivity index (χ2n) is 4.87. The van der Waals surface area contributed by atoms with E-state index in [9.17, 15) is 4.79 Å². The number of guanidine groups is 1. The molecule has 20 heavy (non-hydrogen) atoms. The Hall–Kier alpha value is -1.31. The van der Waals surface area contributed by atoms with Crippen LogP contribution < -0.4 is 16.8 Å². The molecule has 1 amide bonds. The summed E-state index contributed by atoms with van der Waals surface area (Å²) in [4.78, 5) is 15.1. The number of carbonyl (C=O) groups is 1. The molecule has 0 aliphatic rings. The number of carbonyl (C=O) groups excluding carboxylic acids is 1. The zero-order valence-corrected chi connectivity index (χ0v) is 14.3. The highest BCUT2D eigenvalue weighted by atomic mass is 127. The van der Waals surface area contributed by atoms with Crippen LogP contribution in [0.2, 0.25) is 0 Å². The van der Waals surface area contributed by atoms with Crippen molar-refractivity contribution in [2.24, 2.45) is 22.4 Å². The Bertz CT molecular complexity index is 443. The van der Waals surface area contributed by atoms with Crippen LogP contribution in [0.4, 0.5) is 0 Å². The number of amides is 1. The molecule has 5 nitrogen and oxygen atoms in total. The van der Waals surface area contributed by atoms with Crippen LogP contribution >= 0.6 is 24.0 Å². The predicted molar refractivity (Wildman–Crippen MR) is 93.2 cm³/mol. The van der Waals surface area contributed by atoms with E-state index in [0.29, 0.717) is 24.0 Å². The maximum atomic E-state index is 10.9. The zero-order chi connectivity index (χ0) is 14.3. The van der Waals surface area contributed by atoms with E-state index in [2.05, 4.69) is 24.2 Å². The fourth-order valence-corrected chi connectivity index (χ4v) is 1.50. The minimum atomic E-state index is -0.426. The normalized spacial score (nSPS) is 11.1. The van der Waals surface area contributed by atoms with E-state index < -0.39 is 5.91 Å². The number of primary amides is 1. The van der Waals surface area contributed by atoms with Gasteiger partial charge in [-0.05, 0) is 30.0 Å². The Morgan fingerprint density at radius 1 is 1.25 bits per heavy atom. The van der Waals surface area contributed by atoms with Crippen molar-refractivity contribution < 1.29 is 4.79 Å². The molecular formula is C14H23IN4O. The van der Waals surface area contributed by atoms with Gasteiger partial charge in [0.1, 0.15) is 0 Å². The third-order valence-corrected chi connectivity index (χ3v) is 2.70. The maximum Gasteiger partial charge on any atom is 0.248 e. The maximum absolute atomic E-state index is 10.9. The molecule has 112 valence electrons. The van der Waals surface area contributed by atoms with Crippen LogP contribution in [-0.4, -0.2) is 18.4 Å². The minimum absolute atomic E-state index is 0. The Balaban J connectivity index is 0.00000361. The number of rotatable bonds is 6. The molecular weight excluding hydrogens is 367 g/mol. The summed E-state index contributed by atoms with van der Waals surface area (Å²) in [5.41, 5.74) is 12.4. The highest BCUT2D eigenvalue weighted by Crippen LogP contribution is 2.05. The summed E-state index contributed by atoms with van der Waals surface area (Å²) in [7, 11) is 0. The van der Waals surface area contributed by atoms with Crippen molar-refractivity contribution in [3.63, 3.8) is 0 Å². The van der Waals surface area contributed by atoms with E-state index in [4.69, 9.17) is 11.5 Å². The van der Waals surface area contributed by atoms with Crippen LogP contribution in [-0.2, 0) is 6.54 Å². The second-order valence-corrected chi connectivity index (χ2v) is 4.87. The average molecular weight is 390 g/mol. The molecule has 6 heteroatoms. The van der Waals surface area contributed by atoms with Gasteiger partial charge in [0.25, 0.3) is 0 Å². The lowest BCUT2D eigenvalue weighted by Gasteiger charge is -2.07. The number of hydrogen-bond donors (Lipinski definition) is 3. The van der Waals surface area contributed by atoms with E-state index in [-0.39, 0.29) is 24.0 Å². The van der Waals surface area contributed by atoms with Crippen molar-refractivity contribution in [1.29, 1.82) is 0 Å². The smallest absolute Gasteiger partial charge is 0.248 e. The van der Waals surface area contributed by atoms with Crippen LogP contribution in [0, 0.1) is 5.92 Å². The summed E-state index contributed by atoms with van der Waals surface area (Å²) in [5.74, 6) is 0.659. The number of halogens is 1. The lowest BCUT2D eigenvalue weighted by atomic mass is 10.1. The van der Waals surface area contributed by atoms with Crippen molar-refractivity contribution in [3.8, 4) is 0 Å². The third-order valence-electron chi connectivity index (χ3n) is 2.70. The topological polar surface area (TPSA) is 93.5 Å². The summed E-state index contributed by atoms with van der Waals surface area (Å²) in [5, 5.41) is 3.07. The van der Waals surface area contributed by atoms with Gasteiger partial charge in [0.15, 0.2) is 5.96 Å². The number of benzene rings is 1. The molecule has 0 aromatic heterocycles. The van der Waals surface area contributed by atoms with Gasteiger partial charge in [0.05, 0.1) is 6.54 Å². The van der Waals surface area contributed by atoms with Crippen molar-refractivity contribution in [3.05, 3.63) is 35.4 Å². The fraction of sp³-hybridized carbons (Fsp3) is 0.429. The van der Waals surface area contributed by atoms with Gasteiger partial charge >= 0.3 is 0 Å². The molecule has 0 radical (unpaired) electrons. The van der Waals surface area contributed by atoms with Gasteiger partial charge in [-0.2, -0.15) is 0 Å².